The predicted molar refractivity (Wildman–Crippen MR) is 85.7 cm³/mol. The maximum atomic E-state index is 12.5. The second-order valence-corrected chi connectivity index (χ2v) is 5.71. The van der Waals surface area contributed by atoms with E-state index in [4.69, 9.17) is 4.42 Å². The van der Waals surface area contributed by atoms with Gasteiger partial charge in [0.2, 0.25) is 0 Å². The minimum atomic E-state index is -0.651. The molecule has 1 amide bonds. The van der Waals surface area contributed by atoms with E-state index in [1.165, 1.54) is 6.26 Å². The van der Waals surface area contributed by atoms with Crippen molar-refractivity contribution in [2.24, 2.45) is 0 Å². The molecule has 0 radical (unpaired) electrons. The monoisotopic (exact) mass is 333 g/mol. The molecule has 1 fully saturated rings. The molecule has 0 aromatic carbocycles. The summed E-state index contributed by atoms with van der Waals surface area (Å²) in [4.78, 5) is 41.3. The van der Waals surface area contributed by atoms with Crippen LogP contribution in [0.15, 0.2) is 38.6 Å². The molecule has 2 aromatic rings. The Balaban J connectivity index is 1.79. The molecule has 1 saturated heterocycles. The highest BCUT2D eigenvalue weighted by atomic mass is 16.3. The molecular formula is C15H19N5O4. The van der Waals surface area contributed by atoms with Gasteiger partial charge < -0.3 is 14.3 Å². The van der Waals surface area contributed by atoms with Gasteiger partial charge in [0, 0.05) is 32.4 Å². The van der Waals surface area contributed by atoms with Gasteiger partial charge in [0.15, 0.2) is 0 Å². The first kappa shape index (κ1) is 16.2. The van der Waals surface area contributed by atoms with E-state index < -0.39 is 17.2 Å². The standard InChI is InChI=1S/C15H19N5O4/c1-18-4-6-19(7-5-18)17-13(21)12-9-16-15(23)20(14(12)22)10-11-3-2-8-24-11/h2-3,8-9H,4-7,10H2,1H3,(H,16,23)(H,17,21). The summed E-state index contributed by atoms with van der Waals surface area (Å²) >= 11 is 0. The van der Waals surface area contributed by atoms with Crippen molar-refractivity contribution < 1.29 is 9.21 Å². The maximum Gasteiger partial charge on any atom is 0.328 e. The van der Waals surface area contributed by atoms with Crippen molar-refractivity contribution in [1.29, 1.82) is 0 Å². The summed E-state index contributed by atoms with van der Waals surface area (Å²) in [5.74, 6) is -0.0757. The zero-order chi connectivity index (χ0) is 17.1. The molecule has 0 saturated carbocycles. The number of hydrazine groups is 1. The summed E-state index contributed by atoms with van der Waals surface area (Å²) in [6, 6.07) is 3.32. The Morgan fingerprint density at radius 1 is 1.29 bits per heavy atom. The average molecular weight is 333 g/mol. The molecule has 9 nitrogen and oxygen atoms in total. The number of amides is 1. The quantitative estimate of drug-likeness (QED) is 0.749. The molecular weight excluding hydrogens is 314 g/mol. The number of likely N-dealkylation sites (N-methyl/N-ethyl adjacent to an activating group) is 1. The summed E-state index contributed by atoms with van der Waals surface area (Å²) in [6.45, 7) is 2.97. The SMILES string of the molecule is CN1CCN(NC(=O)c2c[nH]c(=O)n(Cc3ccco3)c2=O)CC1. The molecule has 3 rings (SSSR count). The van der Waals surface area contributed by atoms with Crippen molar-refractivity contribution in [3.8, 4) is 0 Å². The van der Waals surface area contributed by atoms with E-state index in [-0.39, 0.29) is 12.1 Å². The smallest absolute Gasteiger partial charge is 0.328 e. The highest BCUT2D eigenvalue weighted by molar-refractivity contribution is 5.93. The highest BCUT2D eigenvalue weighted by Crippen LogP contribution is 2.01. The number of aromatic amines is 1. The van der Waals surface area contributed by atoms with Gasteiger partial charge in [-0.1, -0.05) is 0 Å². The van der Waals surface area contributed by atoms with E-state index in [1.807, 2.05) is 7.05 Å². The fourth-order valence-corrected chi connectivity index (χ4v) is 2.50. The summed E-state index contributed by atoms with van der Waals surface area (Å²) < 4.78 is 6.10. The van der Waals surface area contributed by atoms with Gasteiger partial charge in [-0.2, -0.15) is 0 Å². The summed E-state index contributed by atoms with van der Waals surface area (Å²) in [6.07, 6.45) is 2.60. The number of furan rings is 1. The lowest BCUT2D eigenvalue weighted by Crippen LogP contribution is -2.53. The number of H-pyrrole nitrogens is 1. The average Bonchev–Trinajstić information content (AvgIpc) is 3.06. The van der Waals surface area contributed by atoms with Crippen LogP contribution < -0.4 is 16.7 Å². The number of hydrogen-bond donors (Lipinski definition) is 2. The van der Waals surface area contributed by atoms with Gasteiger partial charge in [0.25, 0.3) is 11.5 Å². The number of nitrogens with one attached hydrogen (secondary N) is 2. The van der Waals surface area contributed by atoms with Crippen LogP contribution in [-0.2, 0) is 6.54 Å². The Morgan fingerprint density at radius 3 is 2.71 bits per heavy atom. The number of nitrogens with zero attached hydrogens (tertiary/aromatic N) is 3. The molecule has 3 heterocycles. The lowest BCUT2D eigenvalue weighted by atomic mass is 10.3. The van der Waals surface area contributed by atoms with Crippen molar-refractivity contribution in [2.75, 3.05) is 33.2 Å². The Kier molecular flexibility index (Phi) is 4.63. The van der Waals surface area contributed by atoms with Gasteiger partial charge in [-0.15, -0.1) is 0 Å². The minimum absolute atomic E-state index is 0.0310. The number of hydrogen-bond acceptors (Lipinski definition) is 6. The molecule has 2 N–H and O–H groups in total. The van der Waals surface area contributed by atoms with Crippen LogP contribution in [0, 0.1) is 0 Å². The van der Waals surface area contributed by atoms with Crippen molar-refractivity contribution in [3.63, 3.8) is 0 Å². The van der Waals surface area contributed by atoms with Crippen molar-refractivity contribution in [1.82, 2.24) is 24.9 Å². The van der Waals surface area contributed by atoms with Crippen LogP contribution in [0.3, 0.4) is 0 Å². The Bertz CT molecular complexity index is 815. The first-order chi connectivity index (χ1) is 11.5. The third-order valence-corrected chi connectivity index (χ3v) is 3.96. The molecule has 1 aliphatic heterocycles. The molecule has 2 aromatic heterocycles. The highest BCUT2D eigenvalue weighted by Gasteiger charge is 2.20. The van der Waals surface area contributed by atoms with Crippen LogP contribution in [-0.4, -0.2) is 58.6 Å². The van der Waals surface area contributed by atoms with E-state index in [2.05, 4.69) is 15.3 Å². The van der Waals surface area contributed by atoms with Gasteiger partial charge in [-0.3, -0.25) is 19.6 Å². The predicted octanol–water partition coefficient (Wildman–Crippen LogP) is -0.930. The topological polar surface area (TPSA) is 104 Å². The van der Waals surface area contributed by atoms with Gasteiger partial charge in [0.05, 0.1) is 12.8 Å². The van der Waals surface area contributed by atoms with E-state index >= 15 is 0 Å². The molecule has 128 valence electrons. The van der Waals surface area contributed by atoms with E-state index in [0.29, 0.717) is 18.8 Å². The number of piperazine rings is 1. The first-order valence-corrected chi connectivity index (χ1v) is 7.64. The van der Waals surface area contributed by atoms with Crippen LogP contribution in [0.1, 0.15) is 16.1 Å². The van der Waals surface area contributed by atoms with Crippen LogP contribution in [0.25, 0.3) is 0 Å². The first-order valence-electron chi connectivity index (χ1n) is 7.64. The summed E-state index contributed by atoms with van der Waals surface area (Å²) in [5.41, 5.74) is 1.36. The molecule has 1 aliphatic rings. The molecule has 0 spiro atoms. The normalized spacial score (nSPS) is 16.2. The molecule has 0 atom stereocenters. The second-order valence-electron chi connectivity index (χ2n) is 5.71. The van der Waals surface area contributed by atoms with Crippen LogP contribution in [0.5, 0.6) is 0 Å². The minimum Gasteiger partial charge on any atom is -0.467 e. The molecule has 24 heavy (non-hydrogen) atoms. The molecule has 9 heteroatoms. The number of rotatable bonds is 4. The zero-order valence-electron chi connectivity index (χ0n) is 13.3. The van der Waals surface area contributed by atoms with Crippen molar-refractivity contribution in [3.05, 3.63) is 56.8 Å². The molecule has 0 bridgehead atoms. The largest absolute Gasteiger partial charge is 0.467 e. The Labute approximate surface area is 137 Å². The van der Waals surface area contributed by atoms with E-state index in [9.17, 15) is 14.4 Å². The second kappa shape index (κ2) is 6.85. The Morgan fingerprint density at radius 2 is 2.04 bits per heavy atom. The van der Waals surface area contributed by atoms with E-state index in [0.717, 1.165) is 23.9 Å². The molecule has 0 unspecified atom stereocenters. The fourth-order valence-electron chi connectivity index (χ4n) is 2.50. The van der Waals surface area contributed by atoms with Gasteiger partial charge in [-0.05, 0) is 19.2 Å². The van der Waals surface area contributed by atoms with Crippen LogP contribution >= 0.6 is 0 Å². The fraction of sp³-hybridized carbons (Fsp3) is 0.400. The summed E-state index contributed by atoms with van der Waals surface area (Å²) in [7, 11) is 2.01. The lowest BCUT2D eigenvalue weighted by Gasteiger charge is -2.32. The van der Waals surface area contributed by atoms with E-state index in [1.54, 1.807) is 17.1 Å². The van der Waals surface area contributed by atoms with Crippen molar-refractivity contribution in [2.45, 2.75) is 6.54 Å². The zero-order valence-corrected chi connectivity index (χ0v) is 13.3. The van der Waals surface area contributed by atoms with Crippen LogP contribution in [0.2, 0.25) is 0 Å². The third-order valence-electron chi connectivity index (χ3n) is 3.96. The van der Waals surface area contributed by atoms with Gasteiger partial charge in [-0.25, -0.2) is 9.80 Å². The molecule has 0 aliphatic carbocycles. The number of carbonyl (C=O) groups excluding carboxylic acids is 1. The van der Waals surface area contributed by atoms with Crippen molar-refractivity contribution >= 4 is 5.91 Å². The lowest BCUT2D eigenvalue weighted by molar-refractivity contribution is 0.0660. The number of carbonyl (C=O) groups is 1. The Hall–Kier alpha value is -2.65. The van der Waals surface area contributed by atoms with Gasteiger partial charge >= 0.3 is 5.69 Å². The number of aromatic nitrogens is 2. The third kappa shape index (κ3) is 3.47. The van der Waals surface area contributed by atoms with Crippen LogP contribution in [0.4, 0.5) is 0 Å². The van der Waals surface area contributed by atoms with Gasteiger partial charge in [0.1, 0.15) is 11.3 Å². The maximum absolute atomic E-state index is 12.5. The summed E-state index contributed by atoms with van der Waals surface area (Å²) in [5, 5.41) is 1.77.